The number of halogens is 3. The zero-order valence-corrected chi connectivity index (χ0v) is 10.6. The molecule has 2 aliphatic rings. The minimum Gasteiger partial charge on any atom is -0.388 e. The van der Waals surface area contributed by atoms with Crippen LogP contribution in [0.4, 0.5) is 13.2 Å². The van der Waals surface area contributed by atoms with E-state index in [0.29, 0.717) is 18.3 Å². The molecule has 1 N–H and O–H groups in total. The number of aliphatic hydroxyl groups is 1. The van der Waals surface area contributed by atoms with Crippen molar-refractivity contribution in [2.75, 3.05) is 0 Å². The molecule has 0 aromatic heterocycles. The first-order valence-corrected chi connectivity index (χ1v) is 6.87. The summed E-state index contributed by atoms with van der Waals surface area (Å²) in [5.41, 5.74) is -0.123. The summed E-state index contributed by atoms with van der Waals surface area (Å²) in [6.45, 7) is 0. The molecule has 4 heteroatoms. The Bertz CT molecular complexity index is 489. The summed E-state index contributed by atoms with van der Waals surface area (Å²) in [7, 11) is 0. The van der Waals surface area contributed by atoms with E-state index in [4.69, 9.17) is 0 Å². The van der Waals surface area contributed by atoms with Gasteiger partial charge in [-0.15, -0.1) is 0 Å². The van der Waals surface area contributed by atoms with Crippen molar-refractivity contribution >= 4 is 0 Å². The lowest BCUT2D eigenvalue weighted by molar-refractivity contribution is 0.121. The van der Waals surface area contributed by atoms with Gasteiger partial charge in [0, 0.05) is 5.56 Å². The van der Waals surface area contributed by atoms with Crippen LogP contribution in [0.15, 0.2) is 12.1 Å². The summed E-state index contributed by atoms with van der Waals surface area (Å²) in [4.78, 5) is 0. The van der Waals surface area contributed by atoms with Gasteiger partial charge in [0.15, 0.2) is 17.5 Å². The standard InChI is InChI=1S/C15H17F3O/c16-12-4-3-11(14(17)15(12)18)13(19)7-10-6-8-1-2-9(10)5-8/h3-4,8-10,13,19H,1-2,5-7H2. The van der Waals surface area contributed by atoms with E-state index in [0.717, 1.165) is 24.5 Å². The van der Waals surface area contributed by atoms with Crippen LogP contribution in [0.3, 0.4) is 0 Å². The Morgan fingerprint density at radius 3 is 2.53 bits per heavy atom. The van der Waals surface area contributed by atoms with Crippen molar-refractivity contribution < 1.29 is 18.3 Å². The lowest BCUT2D eigenvalue weighted by Gasteiger charge is -2.24. The van der Waals surface area contributed by atoms with Crippen molar-refractivity contribution in [3.05, 3.63) is 35.1 Å². The Morgan fingerprint density at radius 1 is 1.11 bits per heavy atom. The van der Waals surface area contributed by atoms with Gasteiger partial charge in [-0.2, -0.15) is 0 Å². The first-order chi connectivity index (χ1) is 9.06. The van der Waals surface area contributed by atoms with E-state index in [-0.39, 0.29) is 5.56 Å². The fraction of sp³-hybridized carbons (Fsp3) is 0.600. The van der Waals surface area contributed by atoms with Crippen LogP contribution >= 0.6 is 0 Å². The fourth-order valence-electron chi connectivity index (χ4n) is 3.88. The van der Waals surface area contributed by atoms with Gasteiger partial charge in [-0.05, 0) is 49.5 Å². The lowest BCUT2D eigenvalue weighted by atomic mass is 9.83. The second-order valence-electron chi connectivity index (χ2n) is 5.95. The molecule has 0 saturated heterocycles. The second kappa shape index (κ2) is 4.82. The van der Waals surface area contributed by atoms with Gasteiger partial charge in [-0.3, -0.25) is 0 Å². The van der Waals surface area contributed by atoms with E-state index >= 15 is 0 Å². The smallest absolute Gasteiger partial charge is 0.194 e. The summed E-state index contributed by atoms with van der Waals surface area (Å²) >= 11 is 0. The number of aliphatic hydroxyl groups excluding tert-OH is 1. The summed E-state index contributed by atoms with van der Waals surface area (Å²) in [5.74, 6) is -2.21. The molecule has 19 heavy (non-hydrogen) atoms. The van der Waals surface area contributed by atoms with Crippen molar-refractivity contribution in [2.24, 2.45) is 17.8 Å². The zero-order chi connectivity index (χ0) is 13.6. The predicted molar refractivity (Wildman–Crippen MR) is 64.8 cm³/mol. The maximum absolute atomic E-state index is 13.6. The van der Waals surface area contributed by atoms with Gasteiger partial charge >= 0.3 is 0 Å². The zero-order valence-electron chi connectivity index (χ0n) is 10.6. The fourth-order valence-corrected chi connectivity index (χ4v) is 3.88. The summed E-state index contributed by atoms with van der Waals surface area (Å²) in [6.07, 6.45) is 4.13. The predicted octanol–water partition coefficient (Wildman–Crippen LogP) is 3.96. The van der Waals surface area contributed by atoms with E-state index in [1.54, 1.807) is 0 Å². The molecule has 0 heterocycles. The highest BCUT2D eigenvalue weighted by Gasteiger charge is 2.40. The Kier molecular flexibility index (Phi) is 3.29. The Labute approximate surface area is 110 Å². The van der Waals surface area contributed by atoms with Crippen LogP contribution in [-0.2, 0) is 0 Å². The minimum atomic E-state index is -1.50. The van der Waals surface area contributed by atoms with Crippen molar-refractivity contribution in [3.8, 4) is 0 Å². The first kappa shape index (κ1) is 13.0. The quantitative estimate of drug-likeness (QED) is 0.824. The molecule has 1 aromatic rings. The monoisotopic (exact) mass is 270 g/mol. The van der Waals surface area contributed by atoms with Crippen molar-refractivity contribution in [2.45, 2.75) is 38.2 Å². The molecule has 2 bridgehead atoms. The second-order valence-corrected chi connectivity index (χ2v) is 5.95. The average Bonchev–Trinajstić information content (AvgIpc) is 2.98. The summed E-state index contributed by atoms with van der Waals surface area (Å²) < 4.78 is 39.6. The molecule has 1 nitrogen and oxygen atoms in total. The lowest BCUT2D eigenvalue weighted by Crippen LogP contribution is -2.15. The molecular formula is C15H17F3O. The van der Waals surface area contributed by atoms with Crippen LogP contribution in [0.1, 0.15) is 43.8 Å². The number of rotatable bonds is 3. The molecule has 2 fully saturated rings. The third-order valence-corrected chi connectivity index (χ3v) is 4.83. The maximum atomic E-state index is 13.6. The van der Waals surface area contributed by atoms with Gasteiger partial charge in [0.1, 0.15) is 0 Å². The van der Waals surface area contributed by atoms with E-state index in [1.807, 2.05) is 0 Å². The molecule has 0 spiro atoms. The maximum Gasteiger partial charge on any atom is 0.194 e. The van der Waals surface area contributed by atoms with E-state index in [2.05, 4.69) is 0 Å². The molecule has 2 aliphatic carbocycles. The highest BCUT2D eigenvalue weighted by molar-refractivity contribution is 5.22. The van der Waals surface area contributed by atoms with Gasteiger partial charge in [0.05, 0.1) is 6.10 Å². The van der Waals surface area contributed by atoms with Crippen LogP contribution < -0.4 is 0 Å². The van der Waals surface area contributed by atoms with Crippen LogP contribution in [0.2, 0.25) is 0 Å². The number of fused-ring (bicyclic) bond motifs is 2. The molecule has 0 aliphatic heterocycles. The Hall–Kier alpha value is -1.03. The van der Waals surface area contributed by atoms with Crippen LogP contribution in [0.5, 0.6) is 0 Å². The van der Waals surface area contributed by atoms with Crippen LogP contribution in [0.25, 0.3) is 0 Å². The average molecular weight is 270 g/mol. The number of benzene rings is 1. The Morgan fingerprint density at radius 2 is 1.89 bits per heavy atom. The molecule has 4 unspecified atom stereocenters. The molecule has 104 valence electrons. The number of hydrogen-bond donors (Lipinski definition) is 1. The molecule has 0 radical (unpaired) electrons. The Balaban J connectivity index is 1.74. The summed E-state index contributed by atoms with van der Waals surface area (Å²) in [5, 5.41) is 10.1. The highest BCUT2D eigenvalue weighted by atomic mass is 19.2. The van der Waals surface area contributed by atoms with Crippen molar-refractivity contribution in [1.29, 1.82) is 0 Å². The van der Waals surface area contributed by atoms with Gasteiger partial charge in [0.25, 0.3) is 0 Å². The molecule has 4 atom stereocenters. The third kappa shape index (κ3) is 2.27. The largest absolute Gasteiger partial charge is 0.388 e. The molecule has 1 aromatic carbocycles. The molecule has 3 rings (SSSR count). The highest BCUT2D eigenvalue weighted by Crippen LogP contribution is 2.51. The number of hydrogen-bond acceptors (Lipinski definition) is 1. The van der Waals surface area contributed by atoms with Crippen molar-refractivity contribution in [1.82, 2.24) is 0 Å². The topological polar surface area (TPSA) is 20.2 Å². The van der Waals surface area contributed by atoms with Gasteiger partial charge in [0.2, 0.25) is 0 Å². The van der Waals surface area contributed by atoms with Gasteiger partial charge in [-0.25, -0.2) is 13.2 Å². The third-order valence-electron chi connectivity index (χ3n) is 4.83. The van der Waals surface area contributed by atoms with E-state index in [1.165, 1.54) is 19.3 Å². The molecule has 0 amide bonds. The van der Waals surface area contributed by atoms with E-state index in [9.17, 15) is 18.3 Å². The summed E-state index contributed by atoms with van der Waals surface area (Å²) in [6, 6.07) is 2.02. The normalized spacial score (nSPS) is 30.8. The van der Waals surface area contributed by atoms with Gasteiger partial charge < -0.3 is 5.11 Å². The first-order valence-electron chi connectivity index (χ1n) is 6.87. The molecular weight excluding hydrogens is 253 g/mol. The molecule has 2 saturated carbocycles. The van der Waals surface area contributed by atoms with Crippen molar-refractivity contribution in [3.63, 3.8) is 0 Å². The van der Waals surface area contributed by atoms with Gasteiger partial charge in [-0.1, -0.05) is 12.5 Å². The van der Waals surface area contributed by atoms with Crippen LogP contribution in [0, 0.1) is 35.2 Å². The van der Waals surface area contributed by atoms with Crippen LogP contribution in [-0.4, -0.2) is 5.11 Å². The SMILES string of the molecule is OC(CC1CC2CCC1C2)c1ccc(F)c(F)c1F. The van der Waals surface area contributed by atoms with E-state index < -0.39 is 23.6 Å². The minimum absolute atomic E-state index is 0.123.